The molecule has 0 aliphatic heterocycles. The monoisotopic (exact) mass is 544 g/mol. The average Bonchev–Trinajstić information content (AvgIpc) is 2.88. The zero-order chi connectivity index (χ0) is 27.8. The van der Waals surface area contributed by atoms with E-state index in [1.54, 1.807) is 19.3 Å². The third-order valence-corrected chi connectivity index (χ3v) is 7.21. The Hall–Kier alpha value is -2.47. The Balaban J connectivity index is 0.00000334. The Labute approximate surface area is 227 Å². The first-order valence-corrected chi connectivity index (χ1v) is 14.3. The van der Waals surface area contributed by atoms with Crippen LogP contribution in [-0.2, 0) is 11.0 Å². The maximum absolute atomic E-state index is 13.4. The van der Waals surface area contributed by atoms with Gasteiger partial charge in [-0.15, -0.1) is 9.24 Å². The molecule has 0 radical (unpaired) electrons. The molecule has 0 spiro atoms. The molecule has 0 saturated carbocycles. The summed E-state index contributed by atoms with van der Waals surface area (Å²) < 4.78 is 28.8. The molecule has 0 amide bonds. The normalized spacial score (nSPS) is 13.6. The Kier molecular flexibility index (Phi) is 15.7. The molecule has 0 aliphatic carbocycles. The number of aliphatic imine (C=N–C) groups is 2. The van der Waals surface area contributed by atoms with Gasteiger partial charge in [0.25, 0.3) is 0 Å². The molecule has 2 N–H and O–H groups in total. The summed E-state index contributed by atoms with van der Waals surface area (Å²) in [4.78, 5) is 9.45. The number of rotatable bonds is 12. The summed E-state index contributed by atoms with van der Waals surface area (Å²) >= 11 is 0. The minimum atomic E-state index is -1.42. The minimum Gasteiger partial charge on any atom is -0.389 e. The van der Waals surface area contributed by atoms with Crippen molar-refractivity contribution >= 4 is 32.2 Å². The summed E-state index contributed by atoms with van der Waals surface area (Å²) in [5.74, 6) is -0.376. The summed E-state index contributed by atoms with van der Waals surface area (Å²) in [6.45, 7) is 13.3. The van der Waals surface area contributed by atoms with E-state index in [1.165, 1.54) is 12.1 Å². The van der Waals surface area contributed by atoms with Gasteiger partial charge in [0, 0.05) is 48.6 Å². The molecule has 2 rings (SSSR count). The predicted molar refractivity (Wildman–Crippen MR) is 162 cm³/mol. The highest BCUT2D eigenvalue weighted by atomic mass is 32.2. The average molecular weight is 545 g/mol. The van der Waals surface area contributed by atoms with E-state index in [4.69, 9.17) is 4.99 Å². The van der Waals surface area contributed by atoms with Crippen LogP contribution in [0.2, 0.25) is 0 Å². The van der Waals surface area contributed by atoms with Crippen molar-refractivity contribution in [3.8, 4) is 0 Å². The molecule has 2 atom stereocenters. The summed E-state index contributed by atoms with van der Waals surface area (Å²) in [6.07, 6.45) is 5.58. The number of hydrogen-bond acceptors (Lipinski definition) is 4. The molecule has 0 aliphatic rings. The maximum Gasteiger partial charge on any atom is 0.125 e. The van der Waals surface area contributed by atoms with Crippen molar-refractivity contribution in [2.75, 3.05) is 20.1 Å². The number of aryl methyl sites for hydroxylation is 2. The number of halogens is 1. The fourth-order valence-electron chi connectivity index (χ4n) is 3.32. The predicted octanol–water partition coefficient (Wildman–Crippen LogP) is 6.65. The molecule has 0 saturated heterocycles. The Morgan fingerprint density at radius 2 is 1.73 bits per heavy atom. The van der Waals surface area contributed by atoms with Crippen LogP contribution in [0.1, 0.15) is 57.2 Å². The molecule has 0 bridgehead atoms. The molecule has 0 heterocycles. The van der Waals surface area contributed by atoms with E-state index >= 15 is 0 Å². The number of nitrogens with one attached hydrogen (secondary N) is 2. The van der Waals surface area contributed by atoms with Gasteiger partial charge in [-0.2, -0.15) is 0 Å². The Morgan fingerprint density at radius 1 is 1.05 bits per heavy atom. The molecule has 5 nitrogen and oxygen atoms in total. The minimum absolute atomic E-state index is 0.376. The van der Waals surface area contributed by atoms with E-state index in [0.717, 1.165) is 58.5 Å². The number of hydrogen-bond donors (Lipinski definition) is 2. The van der Waals surface area contributed by atoms with Gasteiger partial charge >= 0.3 is 0 Å². The van der Waals surface area contributed by atoms with Gasteiger partial charge in [-0.3, -0.25) is 9.98 Å². The maximum atomic E-state index is 13.4. The molecular formula is C29H42FN4OPS. The van der Waals surface area contributed by atoms with Crippen molar-refractivity contribution in [1.82, 2.24) is 10.0 Å². The second-order valence-electron chi connectivity index (χ2n) is 8.27. The summed E-state index contributed by atoms with van der Waals surface area (Å²) in [5, 5.41) is 4.39. The molecule has 2 aromatic rings. The first kappa shape index (κ1) is 32.6. The lowest BCUT2D eigenvalue weighted by Crippen LogP contribution is -2.21. The molecule has 2 unspecified atom stereocenters. The highest BCUT2D eigenvalue weighted by Gasteiger charge is 2.09. The molecule has 202 valence electrons. The number of unbranched alkanes of at least 4 members (excludes halogenated alkanes) is 1. The van der Waals surface area contributed by atoms with Crippen LogP contribution >= 0.6 is 9.24 Å². The Morgan fingerprint density at radius 3 is 2.41 bits per heavy atom. The largest absolute Gasteiger partial charge is 0.389 e. The third kappa shape index (κ3) is 11.6. The van der Waals surface area contributed by atoms with Gasteiger partial charge in [-0.1, -0.05) is 44.2 Å². The SMILES string of the molecule is CC.CN=C/C(P)=C(C)/N=C(/C=C(\C)NCCCCNS(=O)c1cc(F)ccc1C)c1ccccc1C. The van der Waals surface area contributed by atoms with E-state index in [2.05, 4.69) is 49.4 Å². The van der Waals surface area contributed by atoms with Gasteiger partial charge < -0.3 is 5.32 Å². The van der Waals surface area contributed by atoms with Gasteiger partial charge in [0.05, 0.1) is 10.6 Å². The fraction of sp³-hybridized carbons (Fsp3) is 0.379. The summed E-state index contributed by atoms with van der Waals surface area (Å²) in [7, 11) is 3.01. The van der Waals surface area contributed by atoms with E-state index < -0.39 is 11.0 Å². The van der Waals surface area contributed by atoms with Crippen molar-refractivity contribution in [2.45, 2.75) is 59.3 Å². The second kappa shape index (κ2) is 17.9. The van der Waals surface area contributed by atoms with Gasteiger partial charge in [-0.05, 0) is 69.9 Å². The molecule has 0 fully saturated rings. The zero-order valence-corrected chi connectivity index (χ0v) is 25.2. The van der Waals surface area contributed by atoms with Crippen LogP contribution in [0.25, 0.3) is 0 Å². The van der Waals surface area contributed by atoms with E-state index in [-0.39, 0.29) is 5.82 Å². The van der Waals surface area contributed by atoms with Crippen LogP contribution in [0, 0.1) is 19.7 Å². The second-order valence-corrected chi connectivity index (χ2v) is 10.2. The highest BCUT2D eigenvalue weighted by molar-refractivity contribution is 7.83. The standard InChI is InChI=1S/C27H36FN4OPS.C2H6/c1-19-10-6-7-11-24(19)25(32-22(4)26(34)18-29-5)16-21(3)30-14-8-9-15-31-35(33)27-17-23(28)13-12-20(27)2;1-2/h6-7,10-13,16-18,30-31H,8-9,14-15,34H2,1-5H3;1-2H3/b21-16+,26-22-,29-18?,32-25-;. The first-order chi connectivity index (χ1) is 17.7. The van der Waals surface area contributed by atoms with Crippen molar-refractivity contribution in [2.24, 2.45) is 9.98 Å². The van der Waals surface area contributed by atoms with Crippen LogP contribution in [0.15, 0.2) is 80.1 Å². The number of nitrogens with zero attached hydrogens (tertiary/aromatic N) is 2. The van der Waals surface area contributed by atoms with Gasteiger partial charge in [-0.25, -0.2) is 13.3 Å². The molecule has 37 heavy (non-hydrogen) atoms. The number of benzene rings is 2. The van der Waals surface area contributed by atoms with E-state index in [0.29, 0.717) is 11.4 Å². The van der Waals surface area contributed by atoms with E-state index in [1.807, 2.05) is 46.8 Å². The fourth-order valence-corrected chi connectivity index (χ4v) is 4.60. The number of allylic oxidation sites excluding steroid dienone is 4. The lowest BCUT2D eigenvalue weighted by atomic mass is 10.0. The van der Waals surface area contributed by atoms with Gasteiger partial charge in [0.1, 0.15) is 16.8 Å². The summed E-state index contributed by atoms with van der Waals surface area (Å²) in [5.41, 5.74) is 5.84. The topological polar surface area (TPSA) is 65.8 Å². The van der Waals surface area contributed by atoms with Crippen LogP contribution in [-0.4, -0.2) is 36.3 Å². The van der Waals surface area contributed by atoms with Crippen LogP contribution in [0.3, 0.4) is 0 Å². The quantitative estimate of drug-likeness (QED) is 0.178. The third-order valence-electron chi connectivity index (χ3n) is 5.34. The van der Waals surface area contributed by atoms with Crippen molar-refractivity contribution in [3.05, 3.63) is 87.8 Å². The van der Waals surface area contributed by atoms with Gasteiger partial charge in [0.15, 0.2) is 0 Å². The van der Waals surface area contributed by atoms with Crippen LogP contribution in [0.5, 0.6) is 0 Å². The van der Waals surface area contributed by atoms with Crippen molar-refractivity contribution in [1.29, 1.82) is 0 Å². The van der Waals surface area contributed by atoms with Crippen molar-refractivity contribution in [3.63, 3.8) is 0 Å². The highest BCUT2D eigenvalue weighted by Crippen LogP contribution is 2.17. The smallest absolute Gasteiger partial charge is 0.125 e. The molecule has 2 aromatic carbocycles. The van der Waals surface area contributed by atoms with Crippen LogP contribution < -0.4 is 10.0 Å². The zero-order valence-electron chi connectivity index (χ0n) is 23.2. The lowest BCUT2D eigenvalue weighted by Gasteiger charge is -2.11. The van der Waals surface area contributed by atoms with Crippen molar-refractivity contribution < 1.29 is 8.60 Å². The molecular weight excluding hydrogens is 502 g/mol. The first-order valence-electron chi connectivity index (χ1n) is 12.6. The molecule has 8 heteroatoms. The summed E-state index contributed by atoms with van der Waals surface area (Å²) in [6, 6.07) is 12.6. The van der Waals surface area contributed by atoms with Gasteiger partial charge in [0.2, 0.25) is 0 Å². The molecule has 0 aromatic heterocycles. The Bertz CT molecular complexity index is 1160. The lowest BCUT2D eigenvalue weighted by molar-refractivity contribution is 0.619. The van der Waals surface area contributed by atoms with E-state index in [9.17, 15) is 8.60 Å². The van der Waals surface area contributed by atoms with Crippen LogP contribution in [0.4, 0.5) is 4.39 Å².